The fraction of sp³-hybridized carbons (Fsp3) is 0.294. The molecule has 4 nitrogen and oxygen atoms in total. The number of rotatable bonds is 5. The molecular formula is C17H23N3OSi. The van der Waals surface area contributed by atoms with Crippen LogP contribution in [-0.2, 0) is 0 Å². The van der Waals surface area contributed by atoms with E-state index in [-0.39, 0.29) is 5.75 Å². The fourth-order valence-corrected chi connectivity index (χ4v) is 4.29. The van der Waals surface area contributed by atoms with Gasteiger partial charge in [-0.1, -0.05) is 34.5 Å². The Kier molecular flexibility index (Phi) is 4.98. The van der Waals surface area contributed by atoms with Crippen molar-refractivity contribution >= 4 is 37.0 Å². The Morgan fingerprint density at radius 2 is 1.41 bits per heavy atom. The van der Waals surface area contributed by atoms with E-state index >= 15 is 0 Å². The first-order valence-corrected chi connectivity index (χ1v) is 8.28. The average Bonchev–Trinajstić information content (AvgIpc) is 2.46. The predicted molar refractivity (Wildman–Crippen MR) is 97.7 cm³/mol. The third-order valence-corrected chi connectivity index (χ3v) is 4.91. The van der Waals surface area contributed by atoms with Gasteiger partial charge in [0.25, 0.3) is 0 Å². The van der Waals surface area contributed by atoms with Crippen molar-refractivity contribution < 1.29 is 5.11 Å². The van der Waals surface area contributed by atoms with Crippen LogP contribution in [0.4, 0.5) is 17.1 Å². The fourth-order valence-electron chi connectivity index (χ4n) is 2.69. The van der Waals surface area contributed by atoms with Crippen molar-refractivity contribution in [3.05, 3.63) is 35.4 Å². The van der Waals surface area contributed by atoms with Crippen LogP contribution >= 0.6 is 0 Å². The van der Waals surface area contributed by atoms with Crippen LogP contribution in [0.1, 0.15) is 11.1 Å². The van der Waals surface area contributed by atoms with Crippen LogP contribution in [0.3, 0.4) is 0 Å². The molecule has 0 aliphatic heterocycles. The van der Waals surface area contributed by atoms with Gasteiger partial charge in [0.15, 0.2) is 0 Å². The molecule has 2 rings (SSSR count). The van der Waals surface area contributed by atoms with E-state index in [4.69, 9.17) is 0 Å². The molecule has 4 N–H and O–H groups in total. The summed E-state index contributed by atoms with van der Waals surface area (Å²) in [6, 6.07) is 8.39. The second kappa shape index (κ2) is 6.75. The molecule has 0 aliphatic rings. The van der Waals surface area contributed by atoms with Crippen LogP contribution in [0.15, 0.2) is 24.3 Å². The molecule has 0 aromatic heterocycles. The van der Waals surface area contributed by atoms with Gasteiger partial charge in [-0.15, -0.1) is 0 Å². The topological polar surface area (TPSA) is 56.3 Å². The molecule has 0 atom stereocenters. The number of aryl methyl sites for hydroxylation is 2. The molecule has 0 fully saturated rings. The van der Waals surface area contributed by atoms with E-state index in [1.54, 1.807) is 6.07 Å². The molecule has 0 unspecified atom stereocenters. The molecule has 22 heavy (non-hydrogen) atoms. The van der Waals surface area contributed by atoms with Crippen LogP contribution in [0, 0.1) is 13.8 Å². The Hall–Kier alpha value is -2.14. The van der Waals surface area contributed by atoms with Gasteiger partial charge >= 0.3 is 0 Å². The molecule has 0 spiro atoms. The number of hydrogen-bond donors (Lipinski definition) is 4. The molecule has 2 aromatic carbocycles. The summed E-state index contributed by atoms with van der Waals surface area (Å²) in [5, 5.41) is 22.1. The van der Waals surface area contributed by atoms with Crippen molar-refractivity contribution in [1.82, 2.24) is 0 Å². The van der Waals surface area contributed by atoms with Crippen molar-refractivity contribution in [3.8, 4) is 5.75 Å². The molecule has 0 amide bonds. The standard InChI is InChI=1S/C17H23N3OSi/c1-10-6-11(2)8-12(7-10)22-17-13(18-3)9-14(21)15(19-4)16(17)20-5/h6-9,18-21H,1-5H3. The van der Waals surface area contributed by atoms with Gasteiger partial charge in [-0.3, -0.25) is 0 Å². The lowest BCUT2D eigenvalue weighted by molar-refractivity contribution is 0.478. The minimum Gasteiger partial charge on any atom is -0.506 e. The summed E-state index contributed by atoms with van der Waals surface area (Å²) in [5.74, 6) is 0.241. The van der Waals surface area contributed by atoms with E-state index in [2.05, 4.69) is 48.0 Å². The third kappa shape index (κ3) is 3.19. The van der Waals surface area contributed by atoms with Gasteiger partial charge in [-0.25, -0.2) is 0 Å². The summed E-state index contributed by atoms with van der Waals surface area (Å²) in [5.41, 5.74) is 5.15. The van der Waals surface area contributed by atoms with Crippen LogP contribution < -0.4 is 26.3 Å². The Balaban J connectivity index is 2.57. The van der Waals surface area contributed by atoms with Crippen LogP contribution in [0.2, 0.25) is 0 Å². The lowest BCUT2D eigenvalue weighted by atomic mass is 10.2. The number of phenolic OH excluding ortho intramolecular Hbond substituents is 1. The number of anilines is 3. The Labute approximate surface area is 134 Å². The molecule has 0 saturated carbocycles. The van der Waals surface area contributed by atoms with Gasteiger partial charge < -0.3 is 21.1 Å². The van der Waals surface area contributed by atoms with Crippen LogP contribution in [-0.4, -0.2) is 35.8 Å². The van der Waals surface area contributed by atoms with Crippen molar-refractivity contribution in [2.24, 2.45) is 0 Å². The smallest absolute Gasteiger partial charge is 0.142 e. The molecule has 5 heteroatoms. The second-order valence-corrected chi connectivity index (χ2v) is 6.65. The molecule has 0 aliphatic carbocycles. The minimum absolute atomic E-state index is 0.241. The van der Waals surface area contributed by atoms with Gasteiger partial charge in [0.1, 0.15) is 15.3 Å². The maximum atomic E-state index is 10.2. The average molecular weight is 313 g/mol. The normalized spacial score (nSPS) is 10.4. The largest absolute Gasteiger partial charge is 0.506 e. The lowest BCUT2D eigenvalue weighted by Gasteiger charge is -2.19. The van der Waals surface area contributed by atoms with Crippen LogP contribution in [0.25, 0.3) is 0 Å². The SMILES string of the molecule is CNc1cc(O)c(NC)c(NC)c1[Si]c1cc(C)cc(C)c1. The number of hydrogen-bond acceptors (Lipinski definition) is 4. The lowest BCUT2D eigenvalue weighted by Crippen LogP contribution is -2.32. The van der Waals surface area contributed by atoms with Crippen molar-refractivity contribution in [1.29, 1.82) is 0 Å². The quantitative estimate of drug-likeness (QED) is 0.502. The summed E-state index contributed by atoms with van der Waals surface area (Å²) < 4.78 is 0. The highest BCUT2D eigenvalue weighted by Gasteiger charge is 2.17. The van der Waals surface area contributed by atoms with E-state index in [0.717, 1.165) is 22.2 Å². The molecule has 0 saturated heterocycles. The van der Waals surface area contributed by atoms with Crippen molar-refractivity contribution in [2.45, 2.75) is 13.8 Å². The minimum atomic E-state index is 0.241. The van der Waals surface area contributed by atoms with Gasteiger partial charge in [0.2, 0.25) is 0 Å². The van der Waals surface area contributed by atoms with Crippen molar-refractivity contribution in [3.63, 3.8) is 0 Å². The van der Waals surface area contributed by atoms with Gasteiger partial charge in [-0.05, 0) is 19.0 Å². The highest BCUT2D eigenvalue weighted by atomic mass is 28.2. The highest BCUT2D eigenvalue weighted by molar-refractivity contribution is 6.70. The summed E-state index contributed by atoms with van der Waals surface area (Å²) in [7, 11) is 6.08. The van der Waals surface area contributed by atoms with E-state index < -0.39 is 0 Å². The van der Waals surface area contributed by atoms with Gasteiger partial charge in [0, 0.05) is 32.9 Å². The number of phenols is 1. The molecule has 0 bridgehead atoms. The van der Waals surface area contributed by atoms with E-state index in [1.165, 1.54) is 16.3 Å². The predicted octanol–water partition coefficient (Wildman–Crippen LogP) is 1.79. The maximum absolute atomic E-state index is 10.2. The summed E-state index contributed by atoms with van der Waals surface area (Å²) in [6.45, 7) is 4.24. The molecule has 2 aromatic rings. The molecule has 2 radical (unpaired) electrons. The molecular weight excluding hydrogens is 290 g/mol. The first-order chi connectivity index (χ1) is 10.5. The molecule has 116 valence electrons. The van der Waals surface area contributed by atoms with E-state index in [9.17, 15) is 5.11 Å². The second-order valence-electron chi connectivity index (χ2n) is 5.32. The monoisotopic (exact) mass is 313 g/mol. The van der Waals surface area contributed by atoms with Crippen LogP contribution in [0.5, 0.6) is 5.75 Å². The zero-order valence-corrected chi connectivity index (χ0v) is 14.8. The zero-order chi connectivity index (χ0) is 16.3. The Morgan fingerprint density at radius 1 is 0.818 bits per heavy atom. The van der Waals surface area contributed by atoms with Crippen molar-refractivity contribution in [2.75, 3.05) is 37.1 Å². The maximum Gasteiger partial charge on any atom is 0.142 e. The first-order valence-electron chi connectivity index (χ1n) is 7.28. The first kappa shape index (κ1) is 16.2. The van der Waals surface area contributed by atoms with Gasteiger partial charge in [-0.2, -0.15) is 0 Å². The number of aromatic hydroxyl groups is 1. The Bertz CT molecular complexity index is 666. The van der Waals surface area contributed by atoms with E-state index in [1.807, 2.05) is 21.1 Å². The van der Waals surface area contributed by atoms with Gasteiger partial charge in [0.05, 0.1) is 11.4 Å². The summed E-state index contributed by atoms with van der Waals surface area (Å²) >= 11 is 0. The zero-order valence-electron chi connectivity index (χ0n) is 13.8. The third-order valence-electron chi connectivity index (χ3n) is 3.57. The summed E-state index contributed by atoms with van der Waals surface area (Å²) in [4.78, 5) is 0. The summed E-state index contributed by atoms with van der Waals surface area (Å²) in [6.07, 6.45) is 0. The highest BCUT2D eigenvalue weighted by Crippen LogP contribution is 2.33. The number of nitrogens with one attached hydrogen (secondary N) is 3. The van der Waals surface area contributed by atoms with E-state index in [0.29, 0.717) is 9.52 Å². The number of benzene rings is 2. The molecule has 0 heterocycles. The Morgan fingerprint density at radius 3 is 1.91 bits per heavy atom.